The monoisotopic (exact) mass is 424 g/mol. The molecular formula is C21H23F3N2O2S. The van der Waals surface area contributed by atoms with Crippen LogP contribution < -0.4 is 14.4 Å². The van der Waals surface area contributed by atoms with E-state index >= 15 is 0 Å². The van der Waals surface area contributed by atoms with E-state index < -0.39 is 11.7 Å². The second kappa shape index (κ2) is 9.43. The van der Waals surface area contributed by atoms with Crippen molar-refractivity contribution >= 4 is 29.6 Å². The Labute approximate surface area is 172 Å². The number of hydrogen-bond acceptors (Lipinski definition) is 5. The Morgan fingerprint density at radius 3 is 2.55 bits per heavy atom. The third-order valence-corrected chi connectivity index (χ3v) is 5.56. The zero-order valence-electron chi connectivity index (χ0n) is 16.1. The summed E-state index contributed by atoms with van der Waals surface area (Å²) in [4.78, 5) is 13.9. The van der Waals surface area contributed by atoms with E-state index in [0.717, 1.165) is 68.4 Å². The third kappa shape index (κ3) is 5.38. The molecule has 0 saturated carbocycles. The summed E-state index contributed by atoms with van der Waals surface area (Å²) in [5.74, 6) is 0.571. The number of rotatable bonds is 7. The molecule has 1 aliphatic heterocycles. The van der Waals surface area contributed by atoms with E-state index in [-0.39, 0.29) is 0 Å². The highest BCUT2D eigenvalue weighted by Crippen LogP contribution is 2.39. The van der Waals surface area contributed by atoms with Crippen molar-refractivity contribution in [3.05, 3.63) is 47.5 Å². The highest BCUT2D eigenvalue weighted by atomic mass is 32.2. The Morgan fingerprint density at radius 2 is 1.90 bits per heavy atom. The number of carbonyl (C=O) groups is 1. The van der Waals surface area contributed by atoms with Crippen LogP contribution in [0.5, 0.6) is 5.75 Å². The summed E-state index contributed by atoms with van der Waals surface area (Å²) in [7, 11) is 0. The molecule has 3 rings (SSSR count). The summed E-state index contributed by atoms with van der Waals surface area (Å²) >= 11 is 1.14. The number of nitrogens with one attached hydrogen (secondary N) is 1. The van der Waals surface area contributed by atoms with Crippen LogP contribution in [0.15, 0.2) is 41.3 Å². The van der Waals surface area contributed by atoms with Crippen LogP contribution in [0, 0.1) is 0 Å². The van der Waals surface area contributed by atoms with Crippen molar-refractivity contribution in [1.82, 2.24) is 0 Å². The van der Waals surface area contributed by atoms with Crippen molar-refractivity contribution < 1.29 is 22.7 Å². The van der Waals surface area contributed by atoms with Crippen molar-refractivity contribution in [2.45, 2.75) is 37.3 Å². The molecule has 1 fully saturated rings. The number of piperidine rings is 1. The molecule has 1 saturated heterocycles. The Bertz CT molecular complexity index is 852. The number of nitrogens with zero attached hydrogens (tertiary/aromatic N) is 1. The van der Waals surface area contributed by atoms with Crippen molar-refractivity contribution in [1.29, 1.82) is 0 Å². The number of alkyl halides is 3. The molecule has 0 bridgehead atoms. The number of carbonyl (C=O) groups excluding carboxylic acids is 1. The summed E-state index contributed by atoms with van der Waals surface area (Å²) in [6.45, 7) is 3.92. The summed E-state index contributed by atoms with van der Waals surface area (Å²) in [6.07, 6.45) is -0.531. The second-order valence-corrected chi connectivity index (χ2v) is 7.59. The van der Waals surface area contributed by atoms with Gasteiger partial charge in [0.1, 0.15) is 12.0 Å². The van der Waals surface area contributed by atoms with Crippen molar-refractivity contribution in [3.63, 3.8) is 0 Å². The van der Waals surface area contributed by atoms with Crippen LogP contribution in [0.2, 0.25) is 0 Å². The van der Waals surface area contributed by atoms with Gasteiger partial charge in [-0.25, -0.2) is 0 Å². The van der Waals surface area contributed by atoms with E-state index in [0.29, 0.717) is 28.5 Å². The largest absolute Gasteiger partial charge is 0.493 e. The molecule has 1 N–H and O–H groups in total. The van der Waals surface area contributed by atoms with Crippen LogP contribution in [0.3, 0.4) is 0 Å². The SMILES string of the molecule is CCOc1ccc(C=O)cc1SNc1cc(C(F)(F)F)ccc1N1CCCCC1. The maximum atomic E-state index is 13.3. The Balaban J connectivity index is 1.91. The van der Waals surface area contributed by atoms with Gasteiger partial charge >= 0.3 is 6.18 Å². The lowest BCUT2D eigenvalue weighted by molar-refractivity contribution is -0.137. The molecule has 0 atom stereocenters. The lowest BCUT2D eigenvalue weighted by atomic mass is 10.1. The molecule has 2 aromatic carbocycles. The van der Waals surface area contributed by atoms with Crippen LogP contribution in [-0.4, -0.2) is 26.0 Å². The minimum Gasteiger partial charge on any atom is -0.493 e. The second-order valence-electron chi connectivity index (χ2n) is 6.74. The number of halogens is 3. The zero-order chi connectivity index (χ0) is 20.9. The van der Waals surface area contributed by atoms with Crippen LogP contribution in [-0.2, 0) is 6.18 Å². The molecule has 0 aromatic heterocycles. The molecule has 0 spiro atoms. The van der Waals surface area contributed by atoms with E-state index in [2.05, 4.69) is 9.62 Å². The van der Waals surface area contributed by atoms with Crippen molar-refractivity contribution in [2.24, 2.45) is 0 Å². The molecule has 29 heavy (non-hydrogen) atoms. The molecule has 0 radical (unpaired) electrons. The molecule has 8 heteroatoms. The first-order chi connectivity index (χ1) is 13.9. The van der Waals surface area contributed by atoms with Gasteiger partial charge in [-0.05, 0) is 74.5 Å². The number of ether oxygens (including phenoxy) is 1. The van der Waals surface area contributed by atoms with E-state index in [9.17, 15) is 18.0 Å². The first-order valence-corrected chi connectivity index (χ1v) is 10.3. The topological polar surface area (TPSA) is 41.6 Å². The van der Waals surface area contributed by atoms with E-state index in [1.165, 1.54) is 6.07 Å². The average Bonchev–Trinajstić information content (AvgIpc) is 2.73. The van der Waals surface area contributed by atoms with Crippen LogP contribution in [0.4, 0.5) is 24.5 Å². The van der Waals surface area contributed by atoms with E-state index in [1.54, 1.807) is 18.2 Å². The van der Waals surface area contributed by atoms with Gasteiger partial charge in [-0.1, -0.05) is 0 Å². The van der Waals surface area contributed by atoms with Crippen LogP contribution >= 0.6 is 11.9 Å². The Kier molecular flexibility index (Phi) is 6.95. The minimum absolute atomic E-state index is 0.394. The maximum absolute atomic E-state index is 13.3. The quantitative estimate of drug-likeness (QED) is 0.434. The van der Waals surface area contributed by atoms with Gasteiger partial charge in [0.15, 0.2) is 0 Å². The smallest absolute Gasteiger partial charge is 0.416 e. The normalized spacial score (nSPS) is 14.6. The summed E-state index contributed by atoms with van der Waals surface area (Å²) in [6, 6.07) is 8.78. The summed E-state index contributed by atoms with van der Waals surface area (Å²) in [5.41, 5.74) is 0.909. The van der Waals surface area contributed by atoms with Crippen molar-refractivity contribution in [2.75, 3.05) is 29.3 Å². The number of hydrogen-bond donors (Lipinski definition) is 1. The molecule has 2 aromatic rings. The maximum Gasteiger partial charge on any atom is 0.416 e. The fourth-order valence-corrected chi connectivity index (χ4v) is 4.07. The fraction of sp³-hybridized carbons (Fsp3) is 0.381. The molecule has 4 nitrogen and oxygen atoms in total. The molecule has 0 unspecified atom stereocenters. The first-order valence-electron chi connectivity index (χ1n) is 9.53. The summed E-state index contributed by atoms with van der Waals surface area (Å²) in [5, 5.41) is 0. The molecular weight excluding hydrogens is 401 g/mol. The van der Waals surface area contributed by atoms with Gasteiger partial charge in [-0.15, -0.1) is 0 Å². The van der Waals surface area contributed by atoms with Gasteiger partial charge in [0.05, 0.1) is 28.4 Å². The number of benzene rings is 2. The van der Waals surface area contributed by atoms with Gasteiger partial charge in [-0.2, -0.15) is 13.2 Å². The highest BCUT2D eigenvalue weighted by molar-refractivity contribution is 8.00. The molecule has 0 aliphatic carbocycles. The predicted molar refractivity (Wildman–Crippen MR) is 110 cm³/mol. The molecule has 1 heterocycles. The van der Waals surface area contributed by atoms with Crippen LogP contribution in [0.25, 0.3) is 0 Å². The lowest BCUT2D eigenvalue weighted by Gasteiger charge is -2.31. The summed E-state index contributed by atoms with van der Waals surface area (Å²) < 4.78 is 48.4. The number of aldehydes is 1. The van der Waals surface area contributed by atoms with Crippen molar-refractivity contribution in [3.8, 4) is 5.75 Å². The molecule has 156 valence electrons. The minimum atomic E-state index is -4.42. The van der Waals surface area contributed by atoms with E-state index in [4.69, 9.17) is 4.74 Å². The van der Waals surface area contributed by atoms with Gasteiger partial charge in [0.25, 0.3) is 0 Å². The third-order valence-electron chi connectivity index (χ3n) is 4.70. The van der Waals surface area contributed by atoms with E-state index in [1.807, 2.05) is 6.92 Å². The van der Waals surface area contributed by atoms with Gasteiger partial charge in [0, 0.05) is 18.7 Å². The molecule has 1 aliphatic rings. The highest BCUT2D eigenvalue weighted by Gasteiger charge is 2.31. The lowest BCUT2D eigenvalue weighted by Crippen LogP contribution is -2.30. The Hall–Kier alpha value is -2.35. The predicted octanol–water partition coefficient (Wildman–Crippen LogP) is 6.03. The zero-order valence-corrected chi connectivity index (χ0v) is 16.9. The van der Waals surface area contributed by atoms with Gasteiger partial charge < -0.3 is 14.4 Å². The van der Waals surface area contributed by atoms with Gasteiger partial charge in [-0.3, -0.25) is 4.79 Å². The standard InChI is InChI=1S/C21H23F3N2O2S/c1-2-28-19-9-6-15(14-27)12-20(19)29-25-17-13-16(21(22,23)24)7-8-18(17)26-10-4-3-5-11-26/h6-9,12-14,25H,2-5,10-11H2,1H3. The average molecular weight is 424 g/mol. The first kappa shape index (κ1) is 21.4. The molecule has 0 amide bonds. The van der Waals surface area contributed by atoms with Crippen LogP contribution in [0.1, 0.15) is 42.1 Å². The Morgan fingerprint density at radius 1 is 1.14 bits per heavy atom. The fourth-order valence-electron chi connectivity index (χ4n) is 3.27. The number of anilines is 2. The van der Waals surface area contributed by atoms with Gasteiger partial charge in [0.2, 0.25) is 0 Å².